The maximum atomic E-state index is 10.8. The highest BCUT2D eigenvalue weighted by atomic mass is 35.5. The minimum atomic E-state index is -0.256. The summed E-state index contributed by atoms with van der Waals surface area (Å²) in [7, 11) is 0. The van der Waals surface area contributed by atoms with E-state index >= 15 is 0 Å². The molecule has 0 aromatic carbocycles. The van der Waals surface area contributed by atoms with E-state index in [0.29, 0.717) is 5.56 Å². The van der Waals surface area contributed by atoms with E-state index in [1.165, 1.54) is 19.2 Å². The maximum absolute atomic E-state index is 10.8. The Morgan fingerprint density at radius 3 is 2.83 bits per heavy atom. The van der Waals surface area contributed by atoms with Gasteiger partial charge in [0, 0.05) is 19.0 Å². The topological polar surface area (TPSA) is 50.2 Å². The second-order valence-electron chi connectivity index (χ2n) is 2.40. The molecule has 1 heterocycles. The summed E-state index contributed by atoms with van der Waals surface area (Å²) >= 11 is 5.49. The highest BCUT2D eigenvalue weighted by Gasteiger charge is 2.07. The standard InChI is InChI=1S/C8H8ClNO2/c1-5(11)8-7(12)2-6(3-9)4-10-8/h2,4,12H,3H2,1H3. The van der Waals surface area contributed by atoms with Gasteiger partial charge in [-0.05, 0) is 11.6 Å². The number of carbonyl (C=O) groups is 1. The Labute approximate surface area is 75.0 Å². The van der Waals surface area contributed by atoms with Gasteiger partial charge in [0.25, 0.3) is 0 Å². The van der Waals surface area contributed by atoms with Crippen molar-refractivity contribution in [2.45, 2.75) is 12.8 Å². The van der Waals surface area contributed by atoms with Gasteiger partial charge in [0.05, 0.1) is 0 Å². The van der Waals surface area contributed by atoms with Crippen molar-refractivity contribution in [3.8, 4) is 5.75 Å². The van der Waals surface area contributed by atoms with Gasteiger partial charge in [0.2, 0.25) is 0 Å². The zero-order chi connectivity index (χ0) is 9.14. The molecule has 0 aliphatic rings. The molecule has 1 rings (SSSR count). The molecule has 0 aliphatic carbocycles. The minimum absolute atomic E-state index is 0.0869. The molecule has 0 fully saturated rings. The van der Waals surface area contributed by atoms with Crippen LogP contribution in [0.3, 0.4) is 0 Å². The Morgan fingerprint density at radius 2 is 2.42 bits per heavy atom. The number of aromatic hydroxyl groups is 1. The van der Waals surface area contributed by atoms with Crippen molar-refractivity contribution in [3.05, 3.63) is 23.5 Å². The van der Waals surface area contributed by atoms with Crippen LogP contribution in [-0.4, -0.2) is 15.9 Å². The number of pyridine rings is 1. The van der Waals surface area contributed by atoms with Crippen molar-refractivity contribution < 1.29 is 9.90 Å². The summed E-state index contributed by atoms with van der Waals surface area (Å²) in [6, 6.07) is 1.44. The number of ketones is 1. The van der Waals surface area contributed by atoms with Crippen LogP contribution >= 0.6 is 11.6 Å². The molecule has 0 radical (unpaired) electrons. The fraction of sp³-hybridized carbons (Fsp3) is 0.250. The van der Waals surface area contributed by atoms with Crippen molar-refractivity contribution >= 4 is 17.4 Å². The van der Waals surface area contributed by atoms with E-state index in [0.717, 1.165) is 0 Å². The molecule has 0 saturated carbocycles. The van der Waals surface area contributed by atoms with Crippen molar-refractivity contribution in [2.75, 3.05) is 0 Å². The monoisotopic (exact) mass is 185 g/mol. The van der Waals surface area contributed by atoms with Gasteiger partial charge in [-0.1, -0.05) is 0 Å². The SMILES string of the molecule is CC(=O)c1ncc(CCl)cc1O. The van der Waals surface area contributed by atoms with Crippen LogP contribution in [0, 0.1) is 0 Å². The molecule has 0 atom stereocenters. The molecule has 0 saturated heterocycles. The molecule has 1 aromatic rings. The first-order valence-corrected chi connectivity index (χ1v) is 3.93. The van der Waals surface area contributed by atoms with Gasteiger partial charge >= 0.3 is 0 Å². The third kappa shape index (κ3) is 1.74. The first-order valence-electron chi connectivity index (χ1n) is 3.40. The predicted octanol–water partition coefficient (Wildman–Crippen LogP) is 1.73. The Balaban J connectivity index is 3.12. The number of aromatic nitrogens is 1. The Bertz CT molecular complexity index is 312. The molecule has 64 valence electrons. The number of hydrogen-bond donors (Lipinski definition) is 1. The molecule has 4 heteroatoms. The maximum Gasteiger partial charge on any atom is 0.181 e. The summed E-state index contributed by atoms with van der Waals surface area (Å²) in [5.74, 6) is -0.0899. The zero-order valence-electron chi connectivity index (χ0n) is 6.54. The summed E-state index contributed by atoms with van der Waals surface area (Å²) in [6.07, 6.45) is 1.48. The quantitative estimate of drug-likeness (QED) is 0.564. The van der Waals surface area contributed by atoms with Crippen LogP contribution < -0.4 is 0 Å². The smallest absolute Gasteiger partial charge is 0.181 e. The van der Waals surface area contributed by atoms with E-state index < -0.39 is 0 Å². The summed E-state index contributed by atoms with van der Waals surface area (Å²) in [4.78, 5) is 14.6. The second kappa shape index (κ2) is 3.54. The lowest BCUT2D eigenvalue weighted by molar-refractivity contribution is 0.101. The number of nitrogens with zero attached hydrogens (tertiary/aromatic N) is 1. The zero-order valence-corrected chi connectivity index (χ0v) is 7.30. The molecular weight excluding hydrogens is 178 g/mol. The lowest BCUT2D eigenvalue weighted by atomic mass is 10.2. The fourth-order valence-corrected chi connectivity index (χ4v) is 0.985. The third-order valence-electron chi connectivity index (χ3n) is 1.41. The summed E-state index contributed by atoms with van der Waals surface area (Å²) < 4.78 is 0. The van der Waals surface area contributed by atoms with Gasteiger partial charge in [0.15, 0.2) is 5.78 Å². The number of Topliss-reactive ketones (excluding diaryl/α,β-unsaturated/α-hetero) is 1. The van der Waals surface area contributed by atoms with Crippen LogP contribution in [0.5, 0.6) is 5.75 Å². The average Bonchev–Trinajstić information content (AvgIpc) is 2.03. The van der Waals surface area contributed by atoms with Gasteiger partial charge in [-0.25, -0.2) is 4.98 Å². The molecule has 0 spiro atoms. The molecule has 0 aliphatic heterocycles. The lowest BCUT2D eigenvalue weighted by Gasteiger charge is -2.00. The molecule has 12 heavy (non-hydrogen) atoms. The summed E-state index contributed by atoms with van der Waals surface area (Å²) in [6.45, 7) is 1.35. The molecule has 0 unspecified atom stereocenters. The molecule has 1 N–H and O–H groups in total. The Hall–Kier alpha value is -1.09. The Morgan fingerprint density at radius 1 is 1.75 bits per heavy atom. The number of hydrogen-bond acceptors (Lipinski definition) is 3. The largest absolute Gasteiger partial charge is 0.506 e. The third-order valence-corrected chi connectivity index (χ3v) is 1.72. The van der Waals surface area contributed by atoms with Gasteiger partial charge in [0.1, 0.15) is 11.4 Å². The van der Waals surface area contributed by atoms with Crippen molar-refractivity contribution in [1.82, 2.24) is 4.98 Å². The number of alkyl halides is 1. The number of rotatable bonds is 2. The highest BCUT2D eigenvalue weighted by Crippen LogP contribution is 2.17. The van der Waals surface area contributed by atoms with Crippen LogP contribution in [0.15, 0.2) is 12.3 Å². The van der Waals surface area contributed by atoms with E-state index in [1.54, 1.807) is 0 Å². The van der Waals surface area contributed by atoms with Crippen molar-refractivity contribution in [3.63, 3.8) is 0 Å². The van der Waals surface area contributed by atoms with Crippen LogP contribution in [0.25, 0.3) is 0 Å². The van der Waals surface area contributed by atoms with Crippen LogP contribution in [0.1, 0.15) is 23.0 Å². The molecule has 0 bridgehead atoms. The predicted molar refractivity (Wildman–Crippen MR) is 45.5 cm³/mol. The molecule has 3 nitrogen and oxygen atoms in total. The fourth-order valence-electron chi connectivity index (χ4n) is 0.839. The Kier molecular flexibility index (Phi) is 2.65. The average molecular weight is 186 g/mol. The van der Waals surface area contributed by atoms with Crippen LogP contribution in [0.2, 0.25) is 0 Å². The first kappa shape index (κ1) is 9.00. The van der Waals surface area contributed by atoms with E-state index in [-0.39, 0.29) is 23.1 Å². The van der Waals surface area contributed by atoms with Gasteiger partial charge < -0.3 is 5.11 Å². The highest BCUT2D eigenvalue weighted by molar-refractivity contribution is 6.17. The minimum Gasteiger partial charge on any atom is -0.506 e. The molecule has 0 amide bonds. The van der Waals surface area contributed by atoms with Crippen LogP contribution in [-0.2, 0) is 5.88 Å². The van der Waals surface area contributed by atoms with E-state index in [4.69, 9.17) is 11.6 Å². The van der Waals surface area contributed by atoms with E-state index in [9.17, 15) is 9.90 Å². The van der Waals surface area contributed by atoms with Crippen molar-refractivity contribution in [2.24, 2.45) is 0 Å². The summed E-state index contributed by atoms with van der Waals surface area (Å²) in [5, 5.41) is 9.25. The lowest BCUT2D eigenvalue weighted by Crippen LogP contribution is -1.97. The normalized spacial score (nSPS) is 9.83. The van der Waals surface area contributed by atoms with Crippen molar-refractivity contribution in [1.29, 1.82) is 0 Å². The molecule has 1 aromatic heterocycles. The molecular formula is C8H8ClNO2. The second-order valence-corrected chi connectivity index (χ2v) is 2.67. The van der Waals surface area contributed by atoms with E-state index in [2.05, 4.69) is 4.98 Å². The van der Waals surface area contributed by atoms with Gasteiger partial charge in [-0.3, -0.25) is 4.79 Å². The van der Waals surface area contributed by atoms with Crippen LogP contribution in [0.4, 0.5) is 0 Å². The first-order chi connectivity index (χ1) is 5.65. The number of carbonyl (C=O) groups excluding carboxylic acids is 1. The number of halogens is 1. The summed E-state index contributed by atoms with van der Waals surface area (Å²) in [5.41, 5.74) is 0.781. The van der Waals surface area contributed by atoms with E-state index in [1.807, 2.05) is 0 Å². The van der Waals surface area contributed by atoms with Gasteiger partial charge in [-0.15, -0.1) is 11.6 Å². The van der Waals surface area contributed by atoms with Gasteiger partial charge in [-0.2, -0.15) is 0 Å².